The van der Waals surface area contributed by atoms with Crippen LogP contribution in [0.5, 0.6) is 5.75 Å². The highest BCUT2D eigenvalue weighted by atomic mass is 35.5. The molecule has 1 N–H and O–H groups in total. The van der Waals surface area contributed by atoms with Gasteiger partial charge in [-0.2, -0.15) is 11.8 Å². The summed E-state index contributed by atoms with van der Waals surface area (Å²) in [6, 6.07) is 5.80. The Morgan fingerprint density at radius 1 is 1.42 bits per heavy atom. The number of ether oxygens (including phenoxy) is 2. The van der Waals surface area contributed by atoms with E-state index in [2.05, 4.69) is 23.4 Å². The van der Waals surface area contributed by atoms with Crippen molar-refractivity contribution in [2.75, 3.05) is 45.4 Å². The number of hydrogen-bond acceptors (Lipinski definition) is 5. The van der Waals surface area contributed by atoms with Crippen LogP contribution in [0.2, 0.25) is 5.02 Å². The van der Waals surface area contributed by atoms with Crippen molar-refractivity contribution in [1.29, 1.82) is 0 Å². The van der Waals surface area contributed by atoms with Gasteiger partial charge in [0.1, 0.15) is 11.9 Å². The quantitative estimate of drug-likeness (QED) is 0.644. The van der Waals surface area contributed by atoms with Crippen LogP contribution >= 0.6 is 23.4 Å². The van der Waals surface area contributed by atoms with E-state index in [9.17, 15) is 4.79 Å². The smallest absolute Gasteiger partial charge is 0.251 e. The Bertz CT molecular complexity index is 580. The van der Waals surface area contributed by atoms with Crippen molar-refractivity contribution in [3.05, 3.63) is 28.8 Å². The van der Waals surface area contributed by atoms with E-state index in [0.717, 1.165) is 31.7 Å². The molecule has 2 rings (SSSR count). The summed E-state index contributed by atoms with van der Waals surface area (Å²) in [4.78, 5) is 14.6. The molecule has 0 aliphatic carbocycles. The molecule has 1 aliphatic rings. The lowest BCUT2D eigenvalue weighted by molar-refractivity contribution is 0.0854. The Kier molecular flexibility index (Phi) is 9.05. The topological polar surface area (TPSA) is 50.8 Å². The molecule has 0 bridgehead atoms. The maximum absolute atomic E-state index is 12.1. The normalized spacial score (nSPS) is 17.1. The van der Waals surface area contributed by atoms with Crippen molar-refractivity contribution >= 4 is 29.3 Å². The van der Waals surface area contributed by atoms with Crippen molar-refractivity contribution in [3.63, 3.8) is 0 Å². The van der Waals surface area contributed by atoms with Crippen molar-refractivity contribution in [1.82, 2.24) is 10.2 Å². The molecule has 0 aromatic heterocycles. The number of piperidine rings is 1. The van der Waals surface area contributed by atoms with Crippen molar-refractivity contribution in [2.45, 2.75) is 31.9 Å². The second-order valence-corrected chi connectivity index (χ2v) is 7.87. The van der Waals surface area contributed by atoms with Gasteiger partial charge in [0.15, 0.2) is 0 Å². The third kappa shape index (κ3) is 6.34. The molecule has 146 valence electrons. The Morgan fingerprint density at radius 2 is 2.15 bits per heavy atom. The number of rotatable bonds is 9. The molecule has 1 aliphatic heterocycles. The summed E-state index contributed by atoms with van der Waals surface area (Å²) in [7, 11) is 1.60. The maximum atomic E-state index is 12.1. The van der Waals surface area contributed by atoms with Crippen LogP contribution in [-0.2, 0) is 4.74 Å². The average molecular weight is 401 g/mol. The third-order valence-electron chi connectivity index (χ3n) is 4.59. The monoisotopic (exact) mass is 400 g/mol. The Labute approximate surface area is 165 Å². The van der Waals surface area contributed by atoms with E-state index in [1.54, 1.807) is 25.3 Å². The van der Waals surface area contributed by atoms with Crippen molar-refractivity contribution in [2.24, 2.45) is 0 Å². The number of likely N-dealkylation sites (tertiary alicyclic amines) is 1. The number of carbonyl (C=O) groups is 1. The highest BCUT2D eigenvalue weighted by molar-refractivity contribution is 7.98. The molecule has 1 saturated heterocycles. The zero-order valence-electron chi connectivity index (χ0n) is 15.8. The number of halogens is 1. The number of nitrogens with one attached hydrogen (secondary N) is 1. The summed E-state index contributed by atoms with van der Waals surface area (Å²) in [5.74, 6) is 1.65. The molecule has 1 aromatic rings. The summed E-state index contributed by atoms with van der Waals surface area (Å²) in [6.07, 6.45) is 4.31. The van der Waals surface area contributed by atoms with E-state index in [1.807, 2.05) is 11.8 Å². The molecule has 0 spiro atoms. The van der Waals surface area contributed by atoms with Crippen molar-refractivity contribution < 1.29 is 14.3 Å². The average Bonchev–Trinajstić information content (AvgIpc) is 2.64. The largest absolute Gasteiger partial charge is 0.489 e. The van der Waals surface area contributed by atoms with Crippen LogP contribution in [0.25, 0.3) is 0 Å². The summed E-state index contributed by atoms with van der Waals surface area (Å²) >= 11 is 8.22. The molecule has 1 aromatic carbocycles. The number of benzene rings is 1. The van der Waals surface area contributed by atoms with Gasteiger partial charge in [0.05, 0.1) is 11.6 Å². The van der Waals surface area contributed by atoms with Crippen LogP contribution < -0.4 is 10.1 Å². The second kappa shape index (κ2) is 11.0. The Morgan fingerprint density at radius 3 is 2.77 bits per heavy atom. The van der Waals surface area contributed by atoms with Crippen LogP contribution in [0.3, 0.4) is 0 Å². The standard InChI is InChI=1S/C19H29ClN2O3S/c1-14(13-26-3)22-9-6-16(7-10-22)25-18-5-4-15(12-17(18)20)19(23)21-8-11-24-2/h4-5,12,14,16H,6-11,13H2,1-3H3,(H,21,23). The van der Waals surface area contributed by atoms with Gasteiger partial charge in [0.25, 0.3) is 5.91 Å². The Balaban J connectivity index is 1.86. The summed E-state index contributed by atoms with van der Waals surface area (Å²) in [5.41, 5.74) is 0.527. The first kappa shape index (κ1) is 21.4. The van der Waals surface area contributed by atoms with Gasteiger partial charge in [-0.3, -0.25) is 9.69 Å². The number of amides is 1. The highest BCUT2D eigenvalue weighted by Gasteiger charge is 2.24. The van der Waals surface area contributed by atoms with E-state index < -0.39 is 0 Å². The molecule has 1 amide bonds. The molecular formula is C19H29ClN2O3S. The molecule has 1 heterocycles. The van der Waals surface area contributed by atoms with Gasteiger partial charge in [-0.15, -0.1) is 0 Å². The fraction of sp³-hybridized carbons (Fsp3) is 0.632. The van der Waals surface area contributed by atoms with Crippen LogP contribution in [0.1, 0.15) is 30.1 Å². The van der Waals surface area contributed by atoms with E-state index in [-0.39, 0.29) is 12.0 Å². The number of nitrogens with zero attached hydrogens (tertiary/aromatic N) is 1. The minimum atomic E-state index is -0.161. The second-order valence-electron chi connectivity index (χ2n) is 6.55. The van der Waals surface area contributed by atoms with Crippen molar-refractivity contribution in [3.8, 4) is 5.75 Å². The summed E-state index contributed by atoms with van der Waals surface area (Å²) in [6.45, 7) is 5.33. The van der Waals surface area contributed by atoms with Gasteiger partial charge >= 0.3 is 0 Å². The first-order chi connectivity index (χ1) is 12.5. The zero-order valence-corrected chi connectivity index (χ0v) is 17.4. The fourth-order valence-corrected chi connectivity index (χ4v) is 3.99. The van der Waals surface area contributed by atoms with Gasteiger partial charge in [0, 0.05) is 44.1 Å². The third-order valence-corrected chi connectivity index (χ3v) is 5.70. The molecule has 1 atom stereocenters. The van der Waals surface area contributed by atoms with E-state index >= 15 is 0 Å². The van der Waals surface area contributed by atoms with E-state index in [0.29, 0.717) is 35.5 Å². The van der Waals surface area contributed by atoms with Gasteiger partial charge < -0.3 is 14.8 Å². The predicted octanol–water partition coefficient (Wildman–Crippen LogP) is 3.31. The minimum absolute atomic E-state index is 0.161. The molecule has 1 fully saturated rings. The first-order valence-electron chi connectivity index (χ1n) is 9.01. The fourth-order valence-electron chi connectivity index (χ4n) is 3.07. The first-order valence-corrected chi connectivity index (χ1v) is 10.8. The lowest BCUT2D eigenvalue weighted by Gasteiger charge is -2.36. The lowest BCUT2D eigenvalue weighted by Crippen LogP contribution is -2.43. The van der Waals surface area contributed by atoms with E-state index in [1.165, 1.54) is 0 Å². The van der Waals surface area contributed by atoms with Gasteiger partial charge in [-0.25, -0.2) is 0 Å². The lowest BCUT2D eigenvalue weighted by atomic mass is 10.1. The summed E-state index contributed by atoms with van der Waals surface area (Å²) in [5, 5.41) is 3.26. The van der Waals surface area contributed by atoms with Crippen LogP contribution in [0.15, 0.2) is 18.2 Å². The van der Waals surface area contributed by atoms with Gasteiger partial charge in [0.2, 0.25) is 0 Å². The molecule has 1 unspecified atom stereocenters. The van der Waals surface area contributed by atoms with Crippen LogP contribution in [0.4, 0.5) is 0 Å². The molecule has 26 heavy (non-hydrogen) atoms. The SMILES string of the molecule is COCCNC(=O)c1ccc(OC2CCN(C(C)CSC)CC2)c(Cl)c1. The molecule has 5 nitrogen and oxygen atoms in total. The zero-order chi connectivity index (χ0) is 18.9. The number of carbonyl (C=O) groups excluding carboxylic acids is 1. The predicted molar refractivity (Wildman–Crippen MR) is 109 cm³/mol. The van der Waals surface area contributed by atoms with Crippen LogP contribution in [-0.4, -0.2) is 68.3 Å². The molecule has 0 saturated carbocycles. The van der Waals surface area contributed by atoms with Gasteiger partial charge in [-0.05, 0) is 44.2 Å². The number of thioether (sulfide) groups is 1. The number of methoxy groups -OCH3 is 1. The molecular weight excluding hydrogens is 372 g/mol. The maximum Gasteiger partial charge on any atom is 0.251 e. The molecule has 7 heteroatoms. The number of hydrogen-bond donors (Lipinski definition) is 1. The van der Waals surface area contributed by atoms with Gasteiger partial charge in [-0.1, -0.05) is 11.6 Å². The highest BCUT2D eigenvalue weighted by Crippen LogP contribution is 2.29. The Hall–Kier alpha value is -0.950. The van der Waals surface area contributed by atoms with Crippen LogP contribution in [0, 0.1) is 0 Å². The minimum Gasteiger partial charge on any atom is -0.489 e. The van der Waals surface area contributed by atoms with E-state index in [4.69, 9.17) is 21.1 Å². The summed E-state index contributed by atoms with van der Waals surface area (Å²) < 4.78 is 11.0. The molecule has 0 radical (unpaired) electrons.